The third-order valence-corrected chi connectivity index (χ3v) is 3.80. The highest BCUT2D eigenvalue weighted by atomic mass is 16.3. The molecule has 3 N–H and O–H groups in total. The first kappa shape index (κ1) is 15.6. The molecule has 0 bridgehead atoms. The molecule has 0 atom stereocenters. The van der Waals surface area contributed by atoms with Gasteiger partial charge in [-0.1, -0.05) is 11.8 Å². The fraction of sp³-hybridized carbons (Fsp3) is 0.471. The Kier molecular flexibility index (Phi) is 5.79. The van der Waals surface area contributed by atoms with E-state index in [1.54, 1.807) is 0 Å². The summed E-state index contributed by atoms with van der Waals surface area (Å²) in [5.41, 5.74) is 6.88. The van der Waals surface area contributed by atoms with Crippen molar-refractivity contribution in [2.75, 3.05) is 19.7 Å². The second kappa shape index (κ2) is 7.82. The van der Waals surface area contributed by atoms with Gasteiger partial charge in [0.25, 0.3) is 5.91 Å². The normalized spacial score (nSPS) is 14.0. The highest BCUT2D eigenvalue weighted by Crippen LogP contribution is 2.26. The second-order valence-electron chi connectivity index (χ2n) is 5.24. The number of nitrogens with zero attached hydrogens (tertiary/aromatic N) is 1. The lowest BCUT2D eigenvalue weighted by molar-refractivity contribution is 0.0562. The van der Waals surface area contributed by atoms with Gasteiger partial charge in [0.1, 0.15) is 0 Å². The van der Waals surface area contributed by atoms with Gasteiger partial charge < -0.3 is 15.7 Å². The molecule has 0 saturated heterocycles. The largest absolute Gasteiger partial charge is 0.396 e. The van der Waals surface area contributed by atoms with E-state index in [0.29, 0.717) is 31.1 Å². The van der Waals surface area contributed by atoms with Crippen molar-refractivity contribution >= 4 is 5.91 Å². The number of carbonyl (C=O) groups is 1. The molecular formula is C17H22N2O2. The van der Waals surface area contributed by atoms with E-state index in [1.807, 2.05) is 29.2 Å². The molecule has 1 fully saturated rings. The van der Waals surface area contributed by atoms with Gasteiger partial charge in [-0.2, -0.15) is 0 Å². The molecule has 4 nitrogen and oxygen atoms in total. The average molecular weight is 286 g/mol. The van der Waals surface area contributed by atoms with Gasteiger partial charge in [-0.05, 0) is 49.9 Å². The van der Waals surface area contributed by atoms with Gasteiger partial charge in [-0.15, -0.1) is 0 Å². The van der Waals surface area contributed by atoms with E-state index in [1.165, 1.54) is 6.42 Å². The van der Waals surface area contributed by atoms with E-state index in [9.17, 15) is 4.79 Å². The van der Waals surface area contributed by atoms with Crippen LogP contribution < -0.4 is 5.73 Å². The molecule has 0 aliphatic heterocycles. The van der Waals surface area contributed by atoms with E-state index in [0.717, 1.165) is 18.4 Å². The fourth-order valence-corrected chi connectivity index (χ4v) is 2.40. The van der Waals surface area contributed by atoms with Gasteiger partial charge in [-0.3, -0.25) is 4.79 Å². The molecule has 0 radical (unpaired) electrons. The van der Waals surface area contributed by atoms with Crippen molar-refractivity contribution in [2.24, 2.45) is 5.73 Å². The third-order valence-electron chi connectivity index (χ3n) is 3.80. The van der Waals surface area contributed by atoms with Gasteiger partial charge in [0.05, 0.1) is 6.54 Å². The molecule has 1 amide bonds. The minimum Gasteiger partial charge on any atom is -0.396 e. The lowest BCUT2D eigenvalue weighted by Crippen LogP contribution is -2.44. The zero-order valence-electron chi connectivity index (χ0n) is 12.2. The number of nitrogens with two attached hydrogens (primary N) is 1. The van der Waals surface area contributed by atoms with Crippen LogP contribution >= 0.6 is 0 Å². The standard InChI is InChI=1S/C17H22N2O2/c18-11-2-4-14-7-9-15(10-8-14)17(21)19(12-3-13-20)16-5-1-6-16/h7-10,16,20H,1,3,5-6,11-13,18H2. The Labute approximate surface area is 125 Å². The zero-order chi connectivity index (χ0) is 15.1. The van der Waals surface area contributed by atoms with Crippen LogP contribution in [0.25, 0.3) is 0 Å². The van der Waals surface area contributed by atoms with E-state index >= 15 is 0 Å². The van der Waals surface area contributed by atoms with Crippen molar-refractivity contribution < 1.29 is 9.90 Å². The summed E-state index contributed by atoms with van der Waals surface area (Å²) in [6, 6.07) is 7.66. The van der Waals surface area contributed by atoms with E-state index in [4.69, 9.17) is 10.8 Å². The summed E-state index contributed by atoms with van der Waals surface area (Å²) in [5.74, 6) is 5.79. The highest BCUT2D eigenvalue weighted by Gasteiger charge is 2.28. The van der Waals surface area contributed by atoms with Gasteiger partial charge in [0, 0.05) is 30.3 Å². The van der Waals surface area contributed by atoms with Crippen LogP contribution in [0.1, 0.15) is 41.6 Å². The van der Waals surface area contributed by atoms with Crippen LogP contribution in [0.3, 0.4) is 0 Å². The van der Waals surface area contributed by atoms with Crippen LogP contribution in [0.15, 0.2) is 24.3 Å². The molecule has 1 aromatic rings. The number of benzene rings is 1. The van der Waals surface area contributed by atoms with Crippen molar-refractivity contribution in [3.05, 3.63) is 35.4 Å². The Balaban J connectivity index is 2.08. The maximum Gasteiger partial charge on any atom is 0.254 e. The zero-order valence-corrected chi connectivity index (χ0v) is 12.2. The van der Waals surface area contributed by atoms with Crippen LogP contribution in [-0.2, 0) is 0 Å². The molecule has 1 aliphatic carbocycles. The van der Waals surface area contributed by atoms with Crippen LogP contribution in [0, 0.1) is 11.8 Å². The third kappa shape index (κ3) is 4.07. The van der Waals surface area contributed by atoms with E-state index in [2.05, 4.69) is 11.8 Å². The Morgan fingerprint density at radius 3 is 2.57 bits per heavy atom. The monoisotopic (exact) mass is 286 g/mol. The van der Waals surface area contributed by atoms with Crippen LogP contribution in [0.5, 0.6) is 0 Å². The molecule has 1 aromatic carbocycles. The lowest BCUT2D eigenvalue weighted by Gasteiger charge is -2.37. The molecule has 2 rings (SSSR count). The van der Waals surface area contributed by atoms with Gasteiger partial charge in [0.15, 0.2) is 0 Å². The maximum atomic E-state index is 12.6. The smallest absolute Gasteiger partial charge is 0.254 e. The van der Waals surface area contributed by atoms with Gasteiger partial charge >= 0.3 is 0 Å². The topological polar surface area (TPSA) is 66.6 Å². The number of aliphatic hydroxyl groups excluding tert-OH is 1. The lowest BCUT2D eigenvalue weighted by atomic mass is 9.90. The second-order valence-corrected chi connectivity index (χ2v) is 5.24. The summed E-state index contributed by atoms with van der Waals surface area (Å²) in [6.45, 7) is 1.07. The molecular weight excluding hydrogens is 264 g/mol. The first-order valence-corrected chi connectivity index (χ1v) is 7.47. The molecule has 0 unspecified atom stereocenters. The molecule has 0 aromatic heterocycles. The van der Waals surface area contributed by atoms with Crippen molar-refractivity contribution in [3.8, 4) is 11.8 Å². The van der Waals surface area contributed by atoms with Crippen molar-refractivity contribution in [1.29, 1.82) is 0 Å². The molecule has 1 saturated carbocycles. The fourth-order valence-electron chi connectivity index (χ4n) is 2.40. The van der Waals surface area contributed by atoms with Gasteiger partial charge in [-0.25, -0.2) is 0 Å². The summed E-state index contributed by atoms with van der Waals surface area (Å²) in [7, 11) is 0. The summed E-state index contributed by atoms with van der Waals surface area (Å²) in [6.07, 6.45) is 3.94. The van der Waals surface area contributed by atoms with E-state index < -0.39 is 0 Å². The van der Waals surface area contributed by atoms with Crippen molar-refractivity contribution in [2.45, 2.75) is 31.7 Å². The van der Waals surface area contributed by atoms with Crippen molar-refractivity contribution in [1.82, 2.24) is 4.90 Å². The number of aliphatic hydroxyl groups is 1. The summed E-state index contributed by atoms with van der Waals surface area (Å²) in [4.78, 5) is 14.5. The van der Waals surface area contributed by atoms with Gasteiger partial charge in [0.2, 0.25) is 0 Å². The predicted octanol–water partition coefficient (Wildman–Crippen LogP) is 1.37. The molecule has 4 heteroatoms. The van der Waals surface area contributed by atoms with E-state index in [-0.39, 0.29) is 12.5 Å². The first-order chi connectivity index (χ1) is 10.3. The summed E-state index contributed by atoms with van der Waals surface area (Å²) >= 11 is 0. The summed E-state index contributed by atoms with van der Waals surface area (Å²) in [5, 5.41) is 9.00. The Bertz CT molecular complexity index is 524. The number of rotatable bonds is 5. The molecule has 112 valence electrons. The Morgan fingerprint density at radius 2 is 2.05 bits per heavy atom. The Hall–Kier alpha value is -1.83. The number of hydrogen-bond acceptors (Lipinski definition) is 3. The Morgan fingerprint density at radius 1 is 1.33 bits per heavy atom. The van der Waals surface area contributed by atoms with Crippen LogP contribution in [-0.4, -0.2) is 41.7 Å². The van der Waals surface area contributed by atoms with Crippen molar-refractivity contribution in [3.63, 3.8) is 0 Å². The molecule has 1 aliphatic rings. The maximum absolute atomic E-state index is 12.6. The molecule has 21 heavy (non-hydrogen) atoms. The number of carbonyl (C=O) groups excluding carboxylic acids is 1. The molecule has 0 spiro atoms. The molecule has 0 heterocycles. The first-order valence-electron chi connectivity index (χ1n) is 7.47. The predicted molar refractivity (Wildman–Crippen MR) is 82.8 cm³/mol. The highest BCUT2D eigenvalue weighted by molar-refractivity contribution is 5.94. The van der Waals surface area contributed by atoms with Crippen LogP contribution in [0.2, 0.25) is 0 Å². The average Bonchev–Trinajstić information content (AvgIpc) is 2.47. The van der Waals surface area contributed by atoms with Crippen LogP contribution in [0.4, 0.5) is 0 Å². The minimum atomic E-state index is 0.0477. The number of amides is 1. The SMILES string of the molecule is NCC#Cc1ccc(C(=O)N(CCCO)C2CCC2)cc1. The number of hydrogen-bond donors (Lipinski definition) is 2. The quantitative estimate of drug-likeness (QED) is 0.804. The minimum absolute atomic E-state index is 0.0477. The summed E-state index contributed by atoms with van der Waals surface area (Å²) < 4.78 is 0.